The van der Waals surface area contributed by atoms with E-state index in [2.05, 4.69) is 5.43 Å². The van der Waals surface area contributed by atoms with E-state index in [1.165, 1.54) is 17.4 Å². The molecular weight excluding hydrogens is 215 g/mol. The number of hydrogen-bond acceptors (Lipinski definition) is 3. The van der Waals surface area contributed by atoms with Crippen molar-refractivity contribution in [3.8, 4) is 0 Å². The van der Waals surface area contributed by atoms with Gasteiger partial charge in [0.15, 0.2) is 0 Å². The number of rotatable bonds is 1. The minimum Gasteiger partial charge on any atom is -0.289 e. The third-order valence-corrected chi connectivity index (χ3v) is 3.50. The number of benzene rings is 1. The Kier molecular flexibility index (Phi) is 2.42. The topological polar surface area (TPSA) is 55.1 Å². The van der Waals surface area contributed by atoms with Gasteiger partial charge < -0.3 is 0 Å². The maximum atomic E-state index is 13.5. The zero-order valence-electron chi connectivity index (χ0n) is 8.00. The predicted molar refractivity (Wildman–Crippen MR) is 58.2 cm³/mol. The van der Waals surface area contributed by atoms with Gasteiger partial charge in [0.05, 0.1) is 4.88 Å². The molecule has 1 aromatic carbocycles. The summed E-state index contributed by atoms with van der Waals surface area (Å²) >= 11 is 1.24. The Morgan fingerprint density at radius 2 is 2.27 bits per heavy atom. The van der Waals surface area contributed by atoms with Crippen LogP contribution < -0.4 is 11.3 Å². The van der Waals surface area contributed by atoms with Gasteiger partial charge in [-0.2, -0.15) is 0 Å². The van der Waals surface area contributed by atoms with E-state index in [1.807, 2.05) is 0 Å². The van der Waals surface area contributed by atoms with Crippen molar-refractivity contribution in [2.24, 2.45) is 5.84 Å². The zero-order chi connectivity index (χ0) is 11.0. The molecule has 3 nitrogen and oxygen atoms in total. The Bertz CT molecular complexity index is 535. The molecule has 0 fully saturated rings. The van der Waals surface area contributed by atoms with E-state index in [1.54, 1.807) is 19.1 Å². The first-order chi connectivity index (χ1) is 7.15. The number of nitrogen functional groups attached to an aromatic ring is 1. The van der Waals surface area contributed by atoms with Gasteiger partial charge in [0.2, 0.25) is 0 Å². The smallest absolute Gasteiger partial charge is 0.275 e. The number of hydrazine groups is 1. The molecule has 0 atom stereocenters. The molecule has 3 N–H and O–H groups in total. The fourth-order valence-electron chi connectivity index (χ4n) is 1.54. The number of thiophene rings is 1. The number of fused-ring (bicyclic) bond motifs is 1. The predicted octanol–water partition coefficient (Wildman–Crippen LogP) is 1.95. The first kappa shape index (κ1) is 10.1. The van der Waals surface area contributed by atoms with E-state index < -0.39 is 0 Å². The lowest BCUT2D eigenvalue weighted by molar-refractivity contribution is 0.0957. The van der Waals surface area contributed by atoms with Gasteiger partial charge in [-0.15, -0.1) is 11.3 Å². The average molecular weight is 224 g/mol. The van der Waals surface area contributed by atoms with Crippen LogP contribution in [-0.2, 0) is 0 Å². The number of carbonyl (C=O) groups is 1. The summed E-state index contributed by atoms with van der Waals surface area (Å²) in [5, 5.41) is 0.501. The summed E-state index contributed by atoms with van der Waals surface area (Å²) in [4.78, 5) is 11.8. The van der Waals surface area contributed by atoms with Gasteiger partial charge in [0.25, 0.3) is 5.91 Å². The van der Waals surface area contributed by atoms with Gasteiger partial charge in [0.1, 0.15) is 5.82 Å². The third-order valence-electron chi connectivity index (χ3n) is 2.24. The van der Waals surface area contributed by atoms with Crippen molar-refractivity contribution in [3.63, 3.8) is 0 Å². The summed E-state index contributed by atoms with van der Waals surface area (Å²) in [6, 6.07) is 4.79. The lowest BCUT2D eigenvalue weighted by atomic mass is 10.1. The van der Waals surface area contributed by atoms with Crippen molar-refractivity contribution in [2.75, 3.05) is 0 Å². The SMILES string of the molecule is Cc1c(C(=O)NN)sc2cccc(F)c12. The summed E-state index contributed by atoms with van der Waals surface area (Å²) < 4.78 is 14.2. The molecule has 0 saturated carbocycles. The molecular formula is C10H9FN2OS. The molecule has 0 radical (unpaired) electrons. The first-order valence-corrected chi connectivity index (χ1v) is 5.15. The number of halogens is 1. The van der Waals surface area contributed by atoms with Crippen LogP contribution in [0.3, 0.4) is 0 Å². The van der Waals surface area contributed by atoms with Crippen LogP contribution in [0.1, 0.15) is 15.2 Å². The minimum absolute atomic E-state index is 0.308. The molecule has 0 unspecified atom stereocenters. The molecule has 78 valence electrons. The first-order valence-electron chi connectivity index (χ1n) is 4.33. The molecule has 0 spiro atoms. The fourth-order valence-corrected chi connectivity index (χ4v) is 2.66. The van der Waals surface area contributed by atoms with E-state index in [0.717, 1.165) is 4.70 Å². The van der Waals surface area contributed by atoms with Crippen LogP contribution >= 0.6 is 11.3 Å². The van der Waals surface area contributed by atoms with E-state index in [4.69, 9.17) is 5.84 Å². The highest BCUT2D eigenvalue weighted by atomic mass is 32.1. The maximum absolute atomic E-state index is 13.5. The van der Waals surface area contributed by atoms with Crippen LogP contribution in [0.5, 0.6) is 0 Å². The molecule has 2 rings (SSSR count). The monoisotopic (exact) mass is 224 g/mol. The molecule has 15 heavy (non-hydrogen) atoms. The molecule has 0 bridgehead atoms. The second-order valence-corrected chi connectivity index (χ2v) is 4.19. The molecule has 2 aromatic rings. The van der Waals surface area contributed by atoms with Crippen LogP contribution in [0.25, 0.3) is 10.1 Å². The van der Waals surface area contributed by atoms with Gasteiger partial charge in [-0.1, -0.05) is 6.07 Å². The van der Waals surface area contributed by atoms with Gasteiger partial charge in [0, 0.05) is 10.1 Å². The Labute approximate surface area is 89.7 Å². The summed E-state index contributed by atoms with van der Waals surface area (Å²) in [6.45, 7) is 1.71. The highest BCUT2D eigenvalue weighted by Gasteiger charge is 2.16. The summed E-state index contributed by atoms with van der Waals surface area (Å²) in [7, 11) is 0. The standard InChI is InChI=1S/C10H9FN2OS/c1-5-8-6(11)3-2-4-7(8)15-9(5)10(14)13-12/h2-4H,12H2,1H3,(H,13,14). The Balaban J connectivity index is 2.75. The molecule has 0 saturated heterocycles. The highest BCUT2D eigenvalue weighted by Crippen LogP contribution is 2.32. The number of nitrogens with two attached hydrogens (primary N) is 1. The molecule has 0 aliphatic heterocycles. The van der Waals surface area contributed by atoms with Crippen molar-refractivity contribution in [1.29, 1.82) is 0 Å². The highest BCUT2D eigenvalue weighted by molar-refractivity contribution is 7.21. The van der Waals surface area contributed by atoms with Crippen LogP contribution in [0.4, 0.5) is 4.39 Å². The molecule has 5 heteroatoms. The number of aryl methyl sites for hydroxylation is 1. The summed E-state index contributed by atoms with van der Waals surface area (Å²) in [5.41, 5.74) is 2.69. The summed E-state index contributed by atoms with van der Waals surface area (Å²) in [6.07, 6.45) is 0. The van der Waals surface area contributed by atoms with Gasteiger partial charge in [-0.25, -0.2) is 10.2 Å². The van der Waals surface area contributed by atoms with Crippen molar-refractivity contribution in [2.45, 2.75) is 6.92 Å². The van der Waals surface area contributed by atoms with Crippen molar-refractivity contribution < 1.29 is 9.18 Å². The van der Waals surface area contributed by atoms with E-state index in [0.29, 0.717) is 15.8 Å². The van der Waals surface area contributed by atoms with E-state index in [9.17, 15) is 9.18 Å². The van der Waals surface area contributed by atoms with Crippen LogP contribution in [0.15, 0.2) is 18.2 Å². The quantitative estimate of drug-likeness (QED) is 0.442. The van der Waals surface area contributed by atoms with Crippen molar-refractivity contribution in [1.82, 2.24) is 5.43 Å². The Morgan fingerprint density at radius 3 is 2.87 bits per heavy atom. The lowest BCUT2D eigenvalue weighted by Gasteiger charge is -1.96. The molecule has 1 amide bonds. The lowest BCUT2D eigenvalue weighted by Crippen LogP contribution is -2.29. The van der Waals surface area contributed by atoms with Gasteiger partial charge >= 0.3 is 0 Å². The van der Waals surface area contributed by atoms with Crippen molar-refractivity contribution >= 4 is 27.3 Å². The molecule has 0 aliphatic carbocycles. The van der Waals surface area contributed by atoms with Gasteiger partial charge in [-0.3, -0.25) is 10.2 Å². The Morgan fingerprint density at radius 1 is 1.53 bits per heavy atom. The fraction of sp³-hybridized carbons (Fsp3) is 0.100. The molecule has 1 aromatic heterocycles. The third kappa shape index (κ3) is 1.49. The normalized spacial score (nSPS) is 10.6. The number of amides is 1. The van der Waals surface area contributed by atoms with Crippen LogP contribution in [-0.4, -0.2) is 5.91 Å². The van der Waals surface area contributed by atoms with Crippen molar-refractivity contribution in [3.05, 3.63) is 34.5 Å². The number of nitrogens with one attached hydrogen (secondary N) is 1. The molecule has 1 heterocycles. The largest absolute Gasteiger partial charge is 0.289 e. The number of carbonyl (C=O) groups excluding carboxylic acids is 1. The van der Waals surface area contributed by atoms with E-state index >= 15 is 0 Å². The zero-order valence-corrected chi connectivity index (χ0v) is 8.82. The maximum Gasteiger partial charge on any atom is 0.275 e. The second-order valence-electron chi connectivity index (χ2n) is 3.14. The summed E-state index contributed by atoms with van der Waals surface area (Å²) in [5.74, 6) is 4.36. The minimum atomic E-state index is -0.381. The van der Waals surface area contributed by atoms with E-state index in [-0.39, 0.29) is 11.7 Å². The Hall–Kier alpha value is -1.46. The number of hydrogen-bond donors (Lipinski definition) is 2. The average Bonchev–Trinajstić information content (AvgIpc) is 2.56. The van der Waals surface area contributed by atoms with Crippen LogP contribution in [0, 0.1) is 12.7 Å². The van der Waals surface area contributed by atoms with Gasteiger partial charge in [-0.05, 0) is 24.6 Å². The van der Waals surface area contributed by atoms with Crippen LogP contribution in [0.2, 0.25) is 0 Å². The molecule has 0 aliphatic rings. The second kappa shape index (κ2) is 3.60.